The molecular weight excluding hydrogens is 298 g/mol. The van der Waals surface area contributed by atoms with Crippen LogP contribution in [0, 0.1) is 0 Å². The van der Waals surface area contributed by atoms with Gasteiger partial charge in [-0.3, -0.25) is 0 Å². The van der Waals surface area contributed by atoms with Gasteiger partial charge in [0.15, 0.2) is 5.60 Å². The fraction of sp³-hybridized carbons (Fsp3) is 0.529. The number of benzene rings is 1. The molecule has 2 aliphatic rings. The van der Waals surface area contributed by atoms with E-state index in [9.17, 15) is 14.7 Å². The summed E-state index contributed by atoms with van der Waals surface area (Å²) < 4.78 is 11.0. The predicted octanol–water partition coefficient (Wildman–Crippen LogP) is 2.42. The average Bonchev–Trinajstić information content (AvgIpc) is 3.38. The van der Waals surface area contributed by atoms with Crippen LogP contribution in [0.25, 0.3) is 0 Å². The minimum atomic E-state index is -1.14. The number of carboxylic acids is 1. The lowest BCUT2D eigenvalue weighted by atomic mass is 9.91. The molecule has 1 aromatic rings. The lowest BCUT2D eigenvalue weighted by Gasteiger charge is -2.38. The van der Waals surface area contributed by atoms with Crippen LogP contribution in [0.5, 0.6) is 0 Å². The highest BCUT2D eigenvalue weighted by Gasteiger charge is 2.47. The molecule has 1 N–H and O–H groups in total. The molecule has 6 nitrogen and oxygen atoms in total. The Morgan fingerprint density at radius 2 is 1.83 bits per heavy atom. The Bertz CT molecular complexity index is 562. The third-order valence-corrected chi connectivity index (χ3v) is 4.34. The molecule has 0 atom stereocenters. The Morgan fingerprint density at radius 3 is 2.39 bits per heavy atom. The maximum absolute atomic E-state index is 12.1. The van der Waals surface area contributed by atoms with Crippen molar-refractivity contribution in [2.45, 2.75) is 44.0 Å². The maximum Gasteiger partial charge on any atom is 0.410 e. The second kappa shape index (κ2) is 6.58. The number of piperidine rings is 1. The van der Waals surface area contributed by atoms with Gasteiger partial charge in [-0.05, 0) is 18.4 Å². The molecule has 6 heteroatoms. The number of carbonyl (C=O) groups is 2. The standard InChI is InChI=1S/C17H21NO5/c19-15(20)17(23-14-6-7-14)8-10-18(11-9-17)16(21)22-12-13-4-2-1-3-5-13/h1-5,14H,6-12H2,(H,19,20). The number of aliphatic carboxylic acids is 1. The van der Waals surface area contributed by atoms with Crippen molar-refractivity contribution in [2.24, 2.45) is 0 Å². The van der Waals surface area contributed by atoms with E-state index in [2.05, 4.69) is 0 Å². The van der Waals surface area contributed by atoms with Crippen LogP contribution in [0.3, 0.4) is 0 Å². The molecule has 23 heavy (non-hydrogen) atoms. The van der Waals surface area contributed by atoms with Crippen molar-refractivity contribution >= 4 is 12.1 Å². The van der Waals surface area contributed by atoms with Crippen molar-refractivity contribution in [1.82, 2.24) is 4.90 Å². The van der Waals surface area contributed by atoms with E-state index in [0.717, 1.165) is 18.4 Å². The number of carbonyl (C=O) groups excluding carboxylic acids is 1. The summed E-state index contributed by atoms with van der Waals surface area (Å²) in [5.74, 6) is -0.929. The minimum absolute atomic E-state index is 0.0719. The molecule has 0 spiro atoms. The summed E-state index contributed by atoms with van der Waals surface area (Å²) in [6.45, 7) is 0.901. The van der Waals surface area contributed by atoms with Crippen LogP contribution in [0.15, 0.2) is 30.3 Å². The first kappa shape index (κ1) is 15.8. The highest BCUT2D eigenvalue weighted by molar-refractivity contribution is 5.78. The van der Waals surface area contributed by atoms with Gasteiger partial charge in [-0.2, -0.15) is 0 Å². The smallest absolute Gasteiger partial charge is 0.410 e. The van der Waals surface area contributed by atoms with Gasteiger partial charge in [0.25, 0.3) is 0 Å². The Labute approximate surface area is 135 Å². The van der Waals surface area contributed by atoms with Gasteiger partial charge in [0, 0.05) is 25.9 Å². The number of nitrogens with zero attached hydrogens (tertiary/aromatic N) is 1. The Balaban J connectivity index is 1.51. The fourth-order valence-electron chi connectivity index (χ4n) is 2.75. The summed E-state index contributed by atoms with van der Waals surface area (Å²) in [5.41, 5.74) is -0.216. The lowest BCUT2D eigenvalue weighted by molar-refractivity contribution is -0.174. The number of rotatable bonds is 5. The Hall–Kier alpha value is -2.08. The molecule has 1 heterocycles. The van der Waals surface area contributed by atoms with Crippen molar-refractivity contribution in [3.63, 3.8) is 0 Å². The third kappa shape index (κ3) is 3.82. The number of amides is 1. The molecule has 1 saturated heterocycles. The van der Waals surface area contributed by atoms with E-state index < -0.39 is 17.7 Å². The monoisotopic (exact) mass is 319 g/mol. The van der Waals surface area contributed by atoms with Gasteiger partial charge in [-0.25, -0.2) is 9.59 Å². The highest BCUT2D eigenvalue weighted by Crippen LogP contribution is 2.35. The van der Waals surface area contributed by atoms with Gasteiger partial charge < -0.3 is 19.5 Å². The topological polar surface area (TPSA) is 76.1 Å². The van der Waals surface area contributed by atoms with Gasteiger partial charge in [0.1, 0.15) is 6.61 Å². The molecule has 1 aliphatic carbocycles. The third-order valence-electron chi connectivity index (χ3n) is 4.34. The number of ether oxygens (including phenoxy) is 2. The lowest BCUT2D eigenvalue weighted by Crippen LogP contribution is -2.52. The van der Waals surface area contributed by atoms with Crippen LogP contribution in [0.1, 0.15) is 31.2 Å². The first-order chi connectivity index (χ1) is 11.1. The molecule has 1 aliphatic heterocycles. The zero-order valence-electron chi connectivity index (χ0n) is 12.9. The molecule has 0 bridgehead atoms. The zero-order valence-corrected chi connectivity index (χ0v) is 12.9. The molecule has 2 fully saturated rings. The second-order valence-corrected chi connectivity index (χ2v) is 6.14. The summed E-state index contributed by atoms with van der Waals surface area (Å²) in [7, 11) is 0. The molecular formula is C17H21NO5. The summed E-state index contributed by atoms with van der Waals surface area (Å²) in [6, 6.07) is 9.47. The van der Waals surface area contributed by atoms with Crippen LogP contribution in [0.4, 0.5) is 4.79 Å². The van der Waals surface area contributed by atoms with E-state index in [1.165, 1.54) is 0 Å². The number of hydrogen-bond acceptors (Lipinski definition) is 4. The van der Waals surface area contributed by atoms with E-state index in [4.69, 9.17) is 9.47 Å². The van der Waals surface area contributed by atoms with Crippen molar-refractivity contribution < 1.29 is 24.2 Å². The first-order valence-corrected chi connectivity index (χ1v) is 7.96. The molecule has 0 aromatic heterocycles. The predicted molar refractivity (Wildman–Crippen MR) is 81.9 cm³/mol. The molecule has 3 rings (SSSR count). The maximum atomic E-state index is 12.1. The molecule has 0 unspecified atom stereocenters. The number of carboxylic acid groups (broad SMARTS) is 1. The normalized spacial score (nSPS) is 20.1. The minimum Gasteiger partial charge on any atom is -0.479 e. The van der Waals surface area contributed by atoms with E-state index >= 15 is 0 Å². The summed E-state index contributed by atoms with van der Waals surface area (Å²) in [4.78, 5) is 25.2. The summed E-state index contributed by atoms with van der Waals surface area (Å²) >= 11 is 0. The van der Waals surface area contributed by atoms with E-state index in [-0.39, 0.29) is 12.7 Å². The molecule has 0 radical (unpaired) electrons. The van der Waals surface area contributed by atoms with Crippen LogP contribution in [-0.2, 0) is 20.9 Å². The SMILES string of the molecule is O=C(OCc1ccccc1)N1CCC(OC2CC2)(C(=O)O)CC1. The van der Waals surface area contributed by atoms with Crippen LogP contribution in [-0.4, -0.2) is 46.9 Å². The number of likely N-dealkylation sites (tertiary alicyclic amines) is 1. The Morgan fingerprint density at radius 1 is 1.17 bits per heavy atom. The first-order valence-electron chi connectivity index (χ1n) is 7.96. The summed E-state index contributed by atoms with van der Waals surface area (Å²) in [6.07, 6.45) is 2.14. The number of hydrogen-bond donors (Lipinski definition) is 1. The molecule has 124 valence electrons. The fourth-order valence-corrected chi connectivity index (χ4v) is 2.75. The largest absolute Gasteiger partial charge is 0.479 e. The zero-order chi connectivity index (χ0) is 16.3. The van der Waals surface area contributed by atoms with Crippen LogP contribution < -0.4 is 0 Å². The molecule has 1 saturated carbocycles. The second-order valence-electron chi connectivity index (χ2n) is 6.14. The molecule has 1 aromatic carbocycles. The van der Waals surface area contributed by atoms with Crippen LogP contribution in [0.2, 0.25) is 0 Å². The van der Waals surface area contributed by atoms with Gasteiger partial charge >= 0.3 is 12.1 Å². The van der Waals surface area contributed by atoms with Gasteiger partial charge in [-0.15, -0.1) is 0 Å². The van der Waals surface area contributed by atoms with E-state index in [1.54, 1.807) is 4.90 Å². The van der Waals surface area contributed by atoms with Crippen molar-refractivity contribution in [2.75, 3.05) is 13.1 Å². The van der Waals surface area contributed by atoms with Crippen molar-refractivity contribution in [3.8, 4) is 0 Å². The van der Waals surface area contributed by atoms with Crippen LogP contribution >= 0.6 is 0 Å². The van der Waals surface area contributed by atoms with Crippen molar-refractivity contribution in [3.05, 3.63) is 35.9 Å². The Kier molecular flexibility index (Phi) is 4.52. The molecule has 1 amide bonds. The highest BCUT2D eigenvalue weighted by atomic mass is 16.6. The van der Waals surface area contributed by atoms with Gasteiger partial charge in [0.05, 0.1) is 6.10 Å². The van der Waals surface area contributed by atoms with Gasteiger partial charge in [0.2, 0.25) is 0 Å². The van der Waals surface area contributed by atoms with E-state index in [1.807, 2.05) is 30.3 Å². The summed E-state index contributed by atoms with van der Waals surface area (Å²) in [5, 5.41) is 9.48. The average molecular weight is 319 g/mol. The quantitative estimate of drug-likeness (QED) is 0.902. The van der Waals surface area contributed by atoms with E-state index in [0.29, 0.717) is 25.9 Å². The van der Waals surface area contributed by atoms with Gasteiger partial charge in [-0.1, -0.05) is 30.3 Å². The van der Waals surface area contributed by atoms with Crippen molar-refractivity contribution in [1.29, 1.82) is 0 Å².